The Morgan fingerprint density at radius 2 is 2.16 bits per heavy atom. The van der Waals surface area contributed by atoms with Crippen molar-refractivity contribution in [2.45, 2.75) is 25.8 Å². The maximum absolute atomic E-state index is 13.2. The summed E-state index contributed by atoms with van der Waals surface area (Å²) in [5.41, 5.74) is -0.526. The summed E-state index contributed by atoms with van der Waals surface area (Å²) in [7, 11) is 1.67. The van der Waals surface area contributed by atoms with Crippen molar-refractivity contribution in [1.29, 1.82) is 0 Å². The lowest BCUT2D eigenvalue weighted by molar-refractivity contribution is -0.387. The van der Waals surface area contributed by atoms with Crippen LogP contribution in [0, 0.1) is 21.8 Å². The second-order valence-electron chi connectivity index (χ2n) is 4.92. The topological polar surface area (TPSA) is 63.5 Å². The predicted molar refractivity (Wildman–Crippen MR) is 67.3 cm³/mol. The van der Waals surface area contributed by atoms with Crippen molar-refractivity contribution in [3.8, 4) is 0 Å². The molecule has 0 N–H and O–H groups in total. The molecule has 1 unspecified atom stereocenters. The zero-order chi connectivity index (χ0) is 14.2. The minimum Gasteiger partial charge on any atom is -0.339 e. The number of hydrogen-bond donors (Lipinski definition) is 0. The normalized spacial score (nSPS) is 15.9. The van der Waals surface area contributed by atoms with Crippen LogP contribution in [0.25, 0.3) is 0 Å². The number of hydrogen-bond acceptors (Lipinski definition) is 3. The second kappa shape index (κ2) is 4.95. The van der Waals surface area contributed by atoms with Crippen LogP contribution in [0.3, 0.4) is 0 Å². The van der Waals surface area contributed by atoms with Crippen LogP contribution in [0.1, 0.15) is 30.1 Å². The second-order valence-corrected chi connectivity index (χ2v) is 4.92. The van der Waals surface area contributed by atoms with Crippen LogP contribution in [0.5, 0.6) is 0 Å². The minimum absolute atomic E-state index is 0.0941. The molecule has 0 saturated heterocycles. The first-order valence-corrected chi connectivity index (χ1v) is 6.13. The Kier molecular flexibility index (Phi) is 3.50. The van der Waals surface area contributed by atoms with Crippen LogP contribution in [0.15, 0.2) is 18.2 Å². The molecule has 1 aliphatic rings. The molecule has 0 heterocycles. The molecule has 1 aromatic rings. The maximum Gasteiger partial charge on any atom is 0.305 e. The van der Waals surface area contributed by atoms with Crippen LogP contribution < -0.4 is 0 Å². The van der Waals surface area contributed by atoms with Crippen LogP contribution in [0.2, 0.25) is 0 Å². The summed E-state index contributed by atoms with van der Waals surface area (Å²) in [6.45, 7) is 1.95. The van der Waals surface area contributed by atoms with Gasteiger partial charge in [0.2, 0.25) is 5.82 Å². The molecule has 1 atom stereocenters. The third kappa shape index (κ3) is 2.72. The van der Waals surface area contributed by atoms with Crippen LogP contribution in [0.4, 0.5) is 10.1 Å². The van der Waals surface area contributed by atoms with E-state index >= 15 is 0 Å². The maximum atomic E-state index is 13.2. The van der Waals surface area contributed by atoms with E-state index in [0.717, 1.165) is 25.0 Å². The van der Waals surface area contributed by atoms with Gasteiger partial charge < -0.3 is 4.90 Å². The number of nitrogens with zero attached hydrogens (tertiary/aromatic N) is 2. The molecule has 6 heteroatoms. The first-order valence-electron chi connectivity index (χ1n) is 6.13. The summed E-state index contributed by atoms with van der Waals surface area (Å²) in [6, 6.07) is 3.33. The summed E-state index contributed by atoms with van der Waals surface area (Å²) in [6.07, 6.45) is 2.20. The SMILES string of the molecule is CC(C1CC1)N(C)C(=O)c1ccc(F)c([N+](=O)[O-])c1. The van der Waals surface area contributed by atoms with Crippen molar-refractivity contribution in [3.63, 3.8) is 0 Å². The Labute approximate surface area is 110 Å². The number of nitro benzene ring substituents is 1. The Morgan fingerprint density at radius 1 is 1.53 bits per heavy atom. The highest BCUT2D eigenvalue weighted by Crippen LogP contribution is 2.35. The van der Waals surface area contributed by atoms with Crippen molar-refractivity contribution >= 4 is 11.6 Å². The van der Waals surface area contributed by atoms with Crippen molar-refractivity contribution in [1.82, 2.24) is 4.90 Å². The van der Waals surface area contributed by atoms with E-state index in [1.54, 1.807) is 11.9 Å². The molecule has 19 heavy (non-hydrogen) atoms. The first-order chi connectivity index (χ1) is 8.91. The average molecular weight is 266 g/mol. The largest absolute Gasteiger partial charge is 0.339 e. The monoisotopic (exact) mass is 266 g/mol. The molecule has 0 radical (unpaired) electrons. The fraction of sp³-hybridized carbons (Fsp3) is 0.462. The summed E-state index contributed by atoms with van der Waals surface area (Å²) >= 11 is 0. The highest BCUT2D eigenvalue weighted by Gasteiger charge is 2.33. The van der Waals surface area contributed by atoms with Gasteiger partial charge in [-0.25, -0.2) is 0 Å². The number of nitro groups is 1. The van der Waals surface area contributed by atoms with E-state index < -0.39 is 16.4 Å². The Morgan fingerprint density at radius 3 is 2.68 bits per heavy atom. The Bertz CT molecular complexity index is 529. The first kappa shape index (κ1) is 13.5. The smallest absolute Gasteiger partial charge is 0.305 e. The van der Waals surface area contributed by atoms with E-state index in [1.165, 1.54) is 6.07 Å². The third-order valence-electron chi connectivity index (χ3n) is 3.63. The Balaban J connectivity index is 2.23. The van der Waals surface area contributed by atoms with Gasteiger partial charge in [-0.15, -0.1) is 0 Å². The van der Waals surface area contributed by atoms with Crippen molar-refractivity contribution in [2.24, 2.45) is 5.92 Å². The molecule has 102 valence electrons. The zero-order valence-corrected chi connectivity index (χ0v) is 10.8. The number of amides is 1. The molecule has 1 saturated carbocycles. The van der Waals surface area contributed by atoms with Gasteiger partial charge in [0.15, 0.2) is 0 Å². The van der Waals surface area contributed by atoms with Crippen LogP contribution >= 0.6 is 0 Å². The van der Waals surface area contributed by atoms with E-state index in [4.69, 9.17) is 0 Å². The van der Waals surface area contributed by atoms with E-state index in [1.807, 2.05) is 6.92 Å². The summed E-state index contributed by atoms with van der Waals surface area (Å²) in [5.74, 6) is -0.744. The molecule has 1 aromatic carbocycles. The number of carbonyl (C=O) groups excluding carboxylic acids is 1. The molecule has 1 fully saturated rings. The molecule has 0 aromatic heterocycles. The lowest BCUT2D eigenvalue weighted by atomic mass is 10.1. The van der Waals surface area contributed by atoms with Gasteiger partial charge in [0.1, 0.15) is 0 Å². The fourth-order valence-corrected chi connectivity index (χ4v) is 2.07. The van der Waals surface area contributed by atoms with E-state index in [-0.39, 0.29) is 17.5 Å². The quantitative estimate of drug-likeness (QED) is 0.621. The number of carbonyl (C=O) groups is 1. The van der Waals surface area contributed by atoms with Crippen molar-refractivity contribution < 1.29 is 14.1 Å². The molecule has 0 aliphatic heterocycles. The third-order valence-corrected chi connectivity index (χ3v) is 3.63. The minimum atomic E-state index is -0.931. The highest BCUT2D eigenvalue weighted by molar-refractivity contribution is 5.94. The molecule has 5 nitrogen and oxygen atoms in total. The van der Waals surface area contributed by atoms with Crippen LogP contribution in [-0.2, 0) is 0 Å². The van der Waals surface area contributed by atoms with Crippen molar-refractivity contribution in [2.75, 3.05) is 7.05 Å². The molecule has 1 aliphatic carbocycles. The highest BCUT2D eigenvalue weighted by atomic mass is 19.1. The fourth-order valence-electron chi connectivity index (χ4n) is 2.07. The van der Waals surface area contributed by atoms with Gasteiger partial charge in [-0.1, -0.05) is 0 Å². The van der Waals surface area contributed by atoms with Crippen molar-refractivity contribution in [3.05, 3.63) is 39.7 Å². The average Bonchev–Trinajstić information content (AvgIpc) is 3.20. The van der Waals surface area contributed by atoms with Gasteiger partial charge in [-0.05, 0) is 37.8 Å². The van der Waals surface area contributed by atoms with E-state index in [0.29, 0.717) is 5.92 Å². The lowest BCUT2D eigenvalue weighted by Crippen LogP contribution is -2.36. The summed E-state index contributed by atoms with van der Waals surface area (Å²) in [5, 5.41) is 10.7. The molecule has 2 rings (SSSR count). The molecular formula is C13H15FN2O3. The summed E-state index contributed by atoms with van der Waals surface area (Å²) < 4.78 is 13.2. The number of halogens is 1. The number of benzene rings is 1. The van der Waals surface area contributed by atoms with E-state index in [9.17, 15) is 19.3 Å². The standard InChI is InChI=1S/C13H15FN2O3/c1-8(9-3-4-9)15(2)13(17)10-5-6-11(14)12(7-10)16(18)19/h5-9H,3-4H2,1-2H3. The summed E-state index contributed by atoms with van der Waals surface area (Å²) in [4.78, 5) is 23.6. The lowest BCUT2D eigenvalue weighted by Gasteiger charge is -2.24. The van der Waals surface area contributed by atoms with Gasteiger partial charge in [-0.2, -0.15) is 4.39 Å². The van der Waals surface area contributed by atoms with Gasteiger partial charge in [0, 0.05) is 24.7 Å². The van der Waals surface area contributed by atoms with Gasteiger partial charge in [0.05, 0.1) is 4.92 Å². The number of rotatable bonds is 4. The molecular weight excluding hydrogens is 251 g/mol. The van der Waals surface area contributed by atoms with Gasteiger partial charge in [0.25, 0.3) is 5.91 Å². The predicted octanol–water partition coefficient (Wildman–Crippen LogP) is 2.60. The van der Waals surface area contributed by atoms with Gasteiger partial charge in [-0.3, -0.25) is 14.9 Å². The van der Waals surface area contributed by atoms with E-state index in [2.05, 4.69) is 0 Å². The van der Waals surface area contributed by atoms with Crippen LogP contribution in [-0.4, -0.2) is 28.8 Å². The van der Waals surface area contributed by atoms with Gasteiger partial charge >= 0.3 is 5.69 Å². The zero-order valence-electron chi connectivity index (χ0n) is 10.8. The molecule has 0 bridgehead atoms. The Hall–Kier alpha value is -1.98. The molecule has 0 spiro atoms. The molecule has 1 amide bonds.